The second-order valence-corrected chi connectivity index (χ2v) is 7.69. The zero-order valence-electron chi connectivity index (χ0n) is 13.4. The van der Waals surface area contributed by atoms with Crippen LogP contribution in [-0.2, 0) is 5.75 Å². The highest BCUT2D eigenvalue weighted by molar-refractivity contribution is 9.10. The summed E-state index contributed by atoms with van der Waals surface area (Å²) in [6.07, 6.45) is 0. The number of nitrogens with one attached hydrogen (secondary N) is 2. The van der Waals surface area contributed by atoms with Crippen molar-refractivity contribution in [2.24, 2.45) is 0 Å². The van der Waals surface area contributed by atoms with Crippen molar-refractivity contribution in [3.8, 4) is 0 Å². The van der Waals surface area contributed by atoms with Gasteiger partial charge in [0.15, 0.2) is 5.11 Å². The molecule has 0 atom stereocenters. The van der Waals surface area contributed by atoms with Gasteiger partial charge in [0.1, 0.15) is 0 Å². The number of thioether (sulfide) groups is 1. The molecule has 5 heteroatoms. The molecule has 0 spiro atoms. The van der Waals surface area contributed by atoms with Crippen molar-refractivity contribution in [3.05, 3.63) is 63.6 Å². The second kappa shape index (κ2) is 9.30. The molecule has 0 aliphatic rings. The fraction of sp³-hybridized carbons (Fsp3) is 0.278. The predicted molar refractivity (Wildman–Crippen MR) is 110 cm³/mol. The van der Waals surface area contributed by atoms with Crippen molar-refractivity contribution in [2.45, 2.75) is 19.6 Å². The van der Waals surface area contributed by atoms with Crippen LogP contribution in [0.25, 0.3) is 0 Å². The maximum atomic E-state index is 5.33. The predicted octanol–water partition coefficient (Wildman–Crippen LogP) is 5.29. The van der Waals surface area contributed by atoms with Crippen molar-refractivity contribution < 1.29 is 0 Å². The Morgan fingerprint density at radius 3 is 2.65 bits per heavy atom. The largest absolute Gasteiger partial charge is 0.362 e. The molecule has 0 heterocycles. The van der Waals surface area contributed by atoms with Gasteiger partial charge in [-0.1, -0.05) is 40.2 Å². The van der Waals surface area contributed by atoms with E-state index in [9.17, 15) is 0 Å². The Balaban J connectivity index is 1.67. The van der Waals surface area contributed by atoms with Crippen LogP contribution in [0, 0.1) is 13.8 Å². The van der Waals surface area contributed by atoms with Crippen LogP contribution in [0.2, 0.25) is 0 Å². The molecule has 0 aromatic heterocycles. The quantitative estimate of drug-likeness (QED) is 0.500. The van der Waals surface area contributed by atoms with E-state index in [-0.39, 0.29) is 0 Å². The van der Waals surface area contributed by atoms with Gasteiger partial charge in [-0.2, -0.15) is 11.8 Å². The maximum absolute atomic E-state index is 5.33. The Bertz CT molecular complexity index is 674. The summed E-state index contributed by atoms with van der Waals surface area (Å²) in [5, 5.41) is 7.14. The number of thiocarbonyl (C=S) groups is 1. The molecule has 2 N–H and O–H groups in total. The summed E-state index contributed by atoms with van der Waals surface area (Å²) in [5.74, 6) is 2.07. The number of rotatable bonds is 6. The zero-order chi connectivity index (χ0) is 16.7. The topological polar surface area (TPSA) is 24.1 Å². The molecule has 0 aliphatic carbocycles. The van der Waals surface area contributed by atoms with Crippen LogP contribution in [0.3, 0.4) is 0 Å². The summed E-state index contributed by atoms with van der Waals surface area (Å²) < 4.78 is 1.11. The second-order valence-electron chi connectivity index (χ2n) is 5.32. The fourth-order valence-electron chi connectivity index (χ4n) is 2.09. The molecule has 0 unspecified atom stereocenters. The smallest absolute Gasteiger partial charge is 0.170 e. The first-order valence-electron chi connectivity index (χ1n) is 7.49. The minimum Gasteiger partial charge on any atom is -0.362 e. The highest BCUT2D eigenvalue weighted by atomic mass is 79.9. The summed E-state index contributed by atoms with van der Waals surface area (Å²) >= 11 is 10.7. The standard InChI is InChI=1S/C18H21BrN2S2/c1-13-5-3-4-6-15(13)12-23-10-9-20-18(22)21-16-7-8-17(19)14(2)11-16/h3-8,11H,9-10,12H2,1-2H3,(H2,20,21,22). The molecule has 2 rings (SSSR count). The molecule has 0 saturated heterocycles. The fourth-order valence-corrected chi connectivity index (χ4v) is 3.49. The summed E-state index contributed by atoms with van der Waals surface area (Å²) in [4.78, 5) is 0. The molecule has 0 saturated carbocycles. The van der Waals surface area contributed by atoms with Gasteiger partial charge in [-0.15, -0.1) is 0 Å². The van der Waals surface area contributed by atoms with E-state index < -0.39 is 0 Å². The van der Waals surface area contributed by atoms with E-state index >= 15 is 0 Å². The summed E-state index contributed by atoms with van der Waals surface area (Å²) in [6.45, 7) is 5.08. The van der Waals surface area contributed by atoms with Crippen molar-refractivity contribution in [2.75, 3.05) is 17.6 Å². The van der Waals surface area contributed by atoms with Crippen molar-refractivity contribution in [3.63, 3.8) is 0 Å². The minimum atomic E-state index is 0.670. The van der Waals surface area contributed by atoms with Crippen LogP contribution in [0.4, 0.5) is 5.69 Å². The van der Waals surface area contributed by atoms with E-state index in [0.29, 0.717) is 5.11 Å². The van der Waals surface area contributed by atoms with Gasteiger partial charge in [0.05, 0.1) is 0 Å². The Hall–Kier alpha value is -1.04. The maximum Gasteiger partial charge on any atom is 0.170 e. The average Bonchev–Trinajstić information content (AvgIpc) is 2.52. The molecular formula is C18H21BrN2S2. The first kappa shape index (κ1) is 18.3. The number of anilines is 1. The van der Waals surface area contributed by atoms with E-state index in [4.69, 9.17) is 12.2 Å². The van der Waals surface area contributed by atoms with E-state index in [0.717, 1.165) is 28.2 Å². The molecule has 2 aromatic carbocycles. The van der Waals surface area contributed by atoms with Crippen LogP contribution in [-0.4, -0.2) is 17.4 Å². The summed E-state index contributed by atoms with van der Waals surface area (Å²) in [6, 6.07) is 14.6. The number of hydrogen-bond acceptors (Lipinski definition) is 2. The first-order valence-corrected chi connectivity index (χ1v) is 9.85. The van der Waals surface area contributed by atoms with Gasteiger partial charge >= 0.3 is 0 Å². The Morgan fingerprint density at radius 2 is 1.91 bits per heavy atom. The van der Waals surface area contributed by atoms with Gasteiger partial charge in [-0.3, -0.25) is 0 Å². The molecule has 2 nitrogen and oxygen atoms in total. The molecule has 0 fully saturated rings. The Morgan fingerprint density at radius 1 is 1.13 bits per heavy atom. The number of benzene rings is 2. The number of hydrogen-bond donors (Lipinski definition) is 2. The number of halogens is 1. The normalized spacial score (nSPS) is 10.4. The lowest BCUT2D eigenvalue weighted by Crippen LogP contribution is -2.30. The minimum absolute atomic E-state index is 0.670. The third kappa shape index (κ3) is 6.16. The van der Waals surface area contributed by atoms with Crippen LogP contribution in [0.5, 0.6) is 0 Å². The third-order valence-corrected chi connectivity index (χ3v) is 5.61. The Labute approximate surface area is 156 Å². The van der Waals surface area contributed by atoms with Crippen molar-refractivity contribution in [1.29, 1.82) is 0 Å². The highest BCUT2D eigenvalue weighted by Crippen LogP contribution is 2.20. The lowest BCUT2D eigenvalue weighted by Gasteiger charge is -2.11. The lowest BCUT2D eigenvalue weighted by atomic mass is 10.1. The molecule has 23 heavy (non-hydrogen) atoms. The van der Waals surface area contributed by atoms with Gasteiger partial charge in [-0.25, -0.2) is 0 Å². The molecule has 2 aromatic rings. The van der Waals surface area contributed by atoms with Gasteiger partial charge in [-0.05, 0) is 61.0 Å². The molecule has 0 aliphatic heterocycles. The number of aryl methyl sites for hydroxylation is 2. The van der Waals surface area contributed by atoms with Crippen LogP contribution >= 0.6 is 39.9 Å². The van der Waals surface area contributed by atoms with Crippen LogP contribution in [0.1, 0.15) is 16.7 Å². The monoisotopic (exact) mass is 408 g/mol. The zero-order valence-corrected chi connectivity index (χ0v) is 16.6. The lowest BCUT2D eigenvalue weighted by molar-refractivity contribution is 0.989. The summed E-state index contributed by atoms with van der Waals surface area (Å²) in [5.41, 5.74) is 4.96. The first-order chi connectivity index (χ1) is 11.1. The third-order valence-electron chi connectivity index (χ3n) is 3.47. The molecule has 122 valence electrons. The molecule has 0 radical (unpaired) electrons. The highest BCUT2D eigenvalue weighted by Gasteiger charge is 2.01. The van der Waals surface area contributed by atoms with Gasteiger partial charge < -0.3 is 10.6 Å². The summed E-state index contributed by atoms with van der Waals surface area (Å²) in [7, 11) is 0. The van der Waals surface area contributed by atoms with Crippen LogP contribution in [0.15, 0.2) is 46.9 Å². The van der Waals surface area contributed by atoms with E-state index in [2.05, 4.69) is 70.7 Å². The van der Waals surface area contributed by atoms with Gasteiger partial charge in [0, 0.05) is 28.2 Å². The SMILES string of the molecule is Cc1cc(NC(=S)NCCSCc2ccccc2C)ccc1Br. The molecular weight excluding hydrogens is 388 g/mol. The molecule has 0 amide bonds. The average molecular weight is 409 g/mol. The van der Waals surface area contributed by atoms with Crippen LogP contribution < -0.4 is 10.6 Å². The molecule has 0 bridgehead atoms. The Kier molecular flexibility index (Phi) is 7.40. The van der Waals surface area contributed by atoms with Gasteiger partial charge in [0.2, 0.25) is 0 Å². The van der Waals surface area contributed by atoms with Gasteiger partial charge in [0.25, 0.3) is 0 Å². The van der Waals surface area contributed by atoms with Crippen molar-refractivity contribution >= 4 is 50.7 Å². The van der Waals surface area contributed by atoms with E-state index in [1.54, 1.807) is 0 Å². The van der Waals surface area contributed by atoms with E-state index in [1.165, 1.54) is 16.7 Å². The van der Waals surface area contributed by atoms with Crippen molar-refractivity contribution in [1.82, 2.24) is 5.32 Å². The van der Waals surface area contributed by atoms with E-state index in [1.807, 2.05) is 23.9 Å².